The van der Waals surface area contributed by atoms with E-state index in [0.717, 1.165) is 32.0 Å². The first-order chi connectivity index (χ1) is 9.93. The van der Waals surface area contributed by atoms with Gasteiger partial charge in [0.15, 0.2) is 5.82 Å². The van der Waals surface area contributed by atoms with Crippen LogP contribution in [-0.2, 0) is 6.54 Å². The van der Waals surface area contributed by atoms with Crippen LogP contribution in [0.4, 0.5) is 5.82 Å². The first kappa shape index (κ1) is 13.1. The smallest absolute Gasteiger partial charge is 0.151 e. The molecule has 0 aliphatic carbocycles. The molecule has 0 saturated carbocycles. The van der Waals surface area contributed by atoms with Crippen LogP contribution in [0, 0.1) is 0 Å². The summed E-state index contributed by atoms with van der Waals surface area (Å²) in [5.41, 5.74) is 0. The Bertz CT molecular complexity index is 498. The fourth-order valence-electron chi connectivity index (χ4n) is 2.69. The number of rotatable bonds is 6. The van der Waals surface area contributed by atoms with Crippen molar-refractivity contribution in [3.8, 4) is 0 Å². The fraction of sp³-hybridized carbons (Fsp3) is 0.500. The molecule has 0 spiro atoms. The van der Waals surface area contributed by atoms with Crippen LogP contribution in [0.15, 0.2) is 36.8 Å². The van der Waals surface area contributed by atoms with Crippen molar-refractivity contribution >= 4 is 5.82 Å². The molecule has 1 fully saturated rings. The number of hydrogen-bond donors (Lipinski definition) is 1. The lowest BCUT2D eigenvalue weighted by atomic mass is 10.2. The van der Waals surface area contributed by atoms with Gasteiger partial charge in [0, 0.05) is 44.3 Å². The molecule has 1 aliphatic rings. The van der Waals surface area contributed by atoms with Crippen LogP contribution in [0.3, 0.4) is 0 Å². The summed E-state index contributed by atoms with van der Waals surface area (Å²) in [6, 6.07) is 6.45. The summed E-state index contributed by atoms with van der Waals surface area (Å²) in [5, 5.41) is 15.9. The quantitative estimate of drug-likeness (QED) is 0.793. The highest BCUT2D eigenvalue weighted by Gasteiger charge is 2.25. The minimum Gasteiger partial charge on any atom is -0.351 e. The van der Waals surface area contributed by atoms with E-state index in [9.17, 15) is 0 Å². The Morgan fingerprint density at radius 3 is 3.10 bits per heavy atom. The maximum atomic E-state index is 4.21. The molecule has 0 radical (unpaired) electrons. The molecule has 0 bridgehead atoms. The van der Waals surface area contributed by atoms with Gasteiger partial charge in [0.25, 0.3) is 0 Å². The van der Waals surface area contributed by atoms with Gasteiger partial charge in [0.2, 0.25) is 0 Å². The Hall–Kier alpha value is -1.95. The zero-order valence-corrected chi connectivity index (χ0v) is 11.5. The summed E-state index contributed by atoms with van der Waals surface area (Å²) in [6.45, 7) is 3.90. The predicted molar refractivity (Wildman–Crippen MR) is 77.5 cm³/mol. The van der Waals surface area contributed by atoms with Gasteiger partial charge in [-0.25, -0.2) is 0 Å². The molecule has 0 aromatic carbocycles. The van der Waals surface area contributed by atoms with E-state index in [1.54, 1.807) is 6.20 Å². The third-order valence-electron chi connectivity index (χ3n) is 3.69. The third kappa shape index (κ3) is 3.14. The van der Waals surface area contributed by atoms with Crippen LogP contribution >= 0.6 is 0 Å². The molecule has 1 atom stereocenters. The Kier molecular flexibility index (Phi) is 4.22. The fourth-order valence-corrected chi connectivity index (χ4v) is 2.69. The molecule has 0 unspecified atom stereocenters. The van der Waals surface area contributed by atoms with Gasteiger partial charge < -0.3 is 10.2 Å². The van der Waals surface area contributed by atoms with E-state index in [-0.39, 0.29) is 0 Å². The lowest BCUT2D eigenvalue weighted by Crippen LogP contribution is -2.39. The van der Waals surface area contributed by atoms with E-state index in [1.165, 1.54) is 12.8 Å². The minimum atomic E-state index is 0.518. The Balaban J connectivity index is 1.47. The maximum Gasteiger partial charge on any atom is 0.151 e. The van der Waals surface area contributed by atoms with Crippen molar-refractivity contribution in [1.29, 1.82) is 0 Å². The standard InChI is InChI=1S/C14H20N6/c1-5-14(18-16-6-1)20-10-2-4-13(20)12-15-8-11-19-9-3-7-17-19/h1,3,5-7,9,13,15H,2,4,8,10-12H2/t13-/m0/s1. The second kappa shape index (κ2) is 6.47. The van der Waals surface area contributed by atoms with E-state index in [0.29, 0.717) is 6.04 Å². The van der Waals surface area contributed by atoms with Gasteiger partial charge in [-0.05, 0) is 31.0 Å². The zero-order chi connectivity index (χ0) is 13.6. The third-order valence-corrected chi connectivity index (χ3v) is 3.69. The topological polar surface area (TPSA) is 58.9 Å². The van der Waals surface area contributed by atoms with Crippen LogP contribution in [0.5, 0.6) is 0 Å². The monoisotopic (exact) mass is 272 g/mol. The lowest BCUT2D eigenvalue weighted by Gasteiger charge is -2.25. The van der Waals surface area contributed by atoms with E-state index in [1.807, 2.05) is 35.3 Å². The van der Waals surface area contributed by atoms with Crippen molar-refractivity contribution in [3.63, 3.8) is 0 Å². The van der Waals surface area contributed by atoms with Crippen LogP contribution < -0.4 is 10.2 Å². The van der Waals surface area contributed by atoms with Crippen LogP contribution in [0.1, 0.15) is 12.8 Å². The highest BCUT2D eigenvalue weighted by atomic mass is 15.3. The van der Waals surface area contributed by atoms with E-state index in [4.69, 9.17) is 0 Å². The molecule has 6 nitrogen and oxygen atoms in total. The maximum absolute atomic E-state index is 4.21. The summed E-state index contributed by atoms with van der Waals surface area (Å²) in [5.74, 6) is 0.990. The molecule has 2 aromatic heterocycles. The average Bonchev–Trinajstić information content (AvgIpc) is 3.16. The summed E-state index contributed by atoms with van der Waals surface area (Å²) in [4.78, 5) is 2.36. The lowest BCUT2D eigenvalue weighted by molar-refractivity contribution is 0.518. The normalized spacial score (nSPS) is 18.6. The molecular formula is C14H20N6. The predicted octanol–water partition coefficient (Wildman–Crippen LogP) is 0.932. The molecule has 6 heteroatoms. The van der Waals surface area contributed by atoms with Crippen molar-refractivity contribution < 1.29 is 0 Å². The average molecular weight is 272 g/mol. The van der Waals surface area contributed by atoms with Gasteiger partial charge in [-0.1, -0.05) is 0 Å². The summed E-state index contributed by atoms with van der Waals surface area (Å²) >= 11 is 0. The van der Waals surface area contributed by atoms with Crippen LogP contribution in [0.25, 0.3) is 0 Å². The molecule has 3 rings (SSSR count). The van der Waals surface area contributed by atoms with Gasteiger partial charge >= 0.3 is 0 Å². The molecule has 1 saturated heterocycles. The molecule has 1 N–H and O–H groups in total. The first-order valence-corrected chi connectivity index (χ1v) is 7.16. The second-order valence-electron chi connectivity index (χ2n) is 5.04. The van der Waals surface area contributed by atoms with Crippen molar-refractivity contribution in [2.75, 3.05) is 24.5 Å². The van der Waals surface area contributed by atoms with Crippen LogP contribution in [0.2, 0.25) is 0 Å². The Morgan fingerprint density at radius 2 is 2.30 bits per heavy atom. The van der Waals surface area contributed by atoms with Crippen molar-refractivity contribution in [2.45, 2.75) is 25.4 Å². The minimum absolute atomic E-state index is 0.518. The van der Waals surface area contributed by atoms with Gasteiger partial charge in [-0.2, -0.15) is 10.2 Å². The number of anilines is 1. The molecule has 3 heterocycles. The van der Waals surface area contributed by atoms with Crippen molar-refractivity contribution in [3.05, 3.63) is 36.8 Å². The molecule has 20 heavy (non-hydrogen) atoms. The van der Waals surface area contributed by atoms with Gasteiger partial charge in [0.05, 0.1) is 6.54 Å². The second-order valence-corrected chi connectivity index (χ2v) is 5.04. The van der Waals surface area contributed by atoms with E-state index >= 15 is 0 Å². The molecule has 2 aromatic rings. The van der Waals surface area contributed by atoms with Gasteiger partial charge in [0.1, 0.15) is 0 Å². The Morgan fingerprint density at radius 1 is 1.30 bits per heavy atom. The largest absolute Gasteiger partial charge is 0.351 e. The van der Waals surface area contributed by atoms with E-state index < -0.39 is 0 Å². The van der Waals surface area contributed by atoms with Crippen molar-refractivity contribution in [2.24, 2.45) is 0 Å². The zero-order valence-electron chi connectivity index (χ0n) is 11.5. The molecular weight excluding hydrogens is 252 g/mol. The number of hydrogen-bond acceptors (Lipinski definition) is 5. The summed E-state index contributed by atoms with van der Waals surface area (Å²) in [7, 11) is 0. The van der Waals surface area contributed by atoms with Crippen LogP contribution in [-0.4, -0.2) is 45.7 Å². The summed E-state index contributed by atoms with van der Waals surface area (Å²) < 4.78 is 1.95. The highest BCUT2D eigenvalue weighted by molar-refractivity contribution is 5.39. The highest BCUT2D eigenvalue weighted by Crippen LogP contribution is 2.22. The number of nitrogens with one attached hydrogen (secondary N) is 1. The SMILES string of the molecule is c1cnnc(N2CCC[C@H]2CNCCn2cccn2)c1. The Labute approximate surface area is 118 Å². The molecule has 106 valence electrons. The molecule has 0 amide bonds. The van der Waals surface area contributed by atoms with Gasteiger partial charge in [-0.3, -0.25) is 4.68 Å². The molecule has 1 aliphatic heterocycles. The van der Waals surface area contributed by atoms with Gasteiger partial charge in [-0.15, -0.1) is 5.10 Å². The number of nitrogens with zero attached hydrogens (tertiary/aromatic N) is 5. The summed E-state index contributed by atoms with van der Waals surface area (Å²) in [6.07, 6.45) is 7.96. The van der Waals surface area contributed by atoms with E-state index in [2.05, 4.69) is 25.5 Å². The first-order valence-electron chi connectivity index (χ1n) is 7.16. The number of aromatic nitrogens is 4. The van der Waals surface area contributed by atoms with Crippen molar-refractivity contribution in [1.82, 2.24) is 25.3 Å².